The first-order valence-electron chi connectivity index (χ1n) is 5.81. The van der Waals surface area contributed by atoms with Gasteiger partial charge in [-0.1, -0.05) is 12.1 Å². The SMILES string of the molecule is Oc1cc(F)cc(CNc2ccccc2OC(F)F)c1. The second kappa shape index (κ2) is 6.18. The highest BCUT2D eigenvalue weighted by molar-refractivity contribution is 5.56. The topological polar surface area (TPSA) is 41.5 Å². The molecule has 0 fully saturated rings. The number of nitrogens with one attached hydrogen (secondary N) is 1. The zero-order chi connectivity index (χ0) is 14.5. The normalized spacial score (nSPS) is 10.6. The van der Waals surface area contributed by atoms with Gasteiger partial charge in [0.15, 0.2) is 0 Å². The van der Waals surface area contributed by atoms with Gasteiger partial charge in [-0.05, 0) is 29.8 Å². The molecule has 106 valence electrons. The van der Waals surface area contributed by atoms with Gasteiger partial charge in [0, 0.05) is 12.6 Å². The van der Waals surface area contributed by atoms with Crippen LogP contribution in [-0.2, 0) is 6.54 Å². The molecule has 3 nitrogen and oxygen atoms in total. The first-order valence-corrected chi connectivity index (χ1v) is 5.81. The average Bonchev–Trinajstić information content (AvgIpc) is 2.36. The van der Waals surface area contributed by atoms with Crippen molar-refractivity contribution in [1.82, 2.24) is 0 Å². The summed E-state index contributed by atoms with van der Waals surface area (Å²) in [5.74, 6) is -0.763. The number of halogens is 3. The molecule has 6 heteroatoms. The molecule has 0 aromatic heterocycles. The summed E-state index contributed by atoms with van der Waals surface area (Å²) in [6.45, 7) is -2.76. The van der Waals surface area contributed by atoms with Crippen LogP contribution in [0.2, 0.25) is 0 Å². The Labute approximate surface area is 113 Å². The van der Waals surface area contributed by atoms with Crippen LogP contribution in [0, 0.1) is 5.82 Å². The van der Waals surface area contributed by atoms with E-state index in [1.807, 2.05) is 0 Å². The van der Waals surface area contributed by atoms with E-state index >= 15 is 0 Å². The van der Waals surface area contributed by atoms with Gasteiger partial charge in [-0.3, -0.25) is 0 Å². The number of hydrogen-bond acceptors (Lipinski definition) is 3. The smallest absolute Gasteiger partial charge is 0.387 e. The Hall–Kier alpha value is -2.37. The van der Waals surface area contributed by atoms with Gasteiger partial charge in [0.1, 0.15) is 17.3 Å². The third kappa shape index (κ3) is 3.81. The van der Waals surface area contributed by atoms with E-state index in [9.17, 15) is 18.3 Å². The van der Waals surface area contributed by atoms with E-state index in [1.165, 1.54) is 18.2 Å². The van der Waals surface area contributed by atoms with E-state index < -0.39 is 12.4 Å². The van der Waals surface area contributed by atoms with Crippen LogP contribution >= 0.6 is 0 Å². The van der Waals surface area contributed by atoms with Crippen LogP contribution in [0.5, 0.6) is 11.5 Å². The van der Waals surface area contributed by atoms with Crippen LogP contribution in [0.15, 0.2) is 42.5 Å². The molecule has 0 amide bonds. The highest BCUT2D eigenvalue weighted by Crippen LogP contribution is 2.26. The average molecular weight is 283 g/mol. The first kappa shape index (κ1) is 14.0. The van der Waals surface area contributed by atoms with Gasteiger partial charge in [0.05, 0.1) is 5.69 Å². The van der Waals surface area contributed by atoms with Gasteiger partial charge < -0.3 is 15.2 Å². The molecule has 0 unspecified atom stereocenters. The molecule has 0 atom stereocenters. The van der Waals surface area contributed by atoms with Crippen molar-refractivity contribution < 1.29 is 23.0 Å². The van der Waals surface area contributed by atoms with Crippen LogP contribution in [-0.4, -0.2) is 11.7 Å². The Bertz CT molecular complexity index is 570. The monoisotopic (exact) mass is 283 g/mol. The molecule has 2 aromatic rings. The van der Waals surface area contributed by atoms with Gasteiger partial charge in [-0.15, -0.1) is 0 Å². The van der Waals surface area contributed by atoms with Gasteiger partial charge in [-0.25, -0.2) is 4.39 Å². The van der Waals surface area contributed by atoms with Crippen LogP contribution in [0.1, 0.15) is 5.56 Å². The minimum atomic E-state index is -2.92. The van der Waals surface area contributed by atoms with E-state index in [1.54, 1.807) is 18.2 Å². The van der Waals surface area contributed by atoms with Crippen molar-refractivity contribution in [3.63, 3.8) is 0 Å². The molecule has 0 bridgehead atoms. The summed E-state index contributed by atoms with van der Waals surface area (Å²) >= 11 is 0. The van der Waals surface area contributed by atoms with E-state index in [0.29, 0.717) is 11.3 Å². The fraction of sp³-hybridized carbons (Fsp3) is 0.143. The van der Waals surface area contributed by atoms with Gasteiger partial charge in [0.25, 0.3) is 0 Å². The number of para-hydroxylation sites is 2. The Morgan fingerprint density at radius 3 is 2.60 bits per heavy atom. The van der Waals surface area contributed by atoms with Crippen molar-refractivity contribution in [2.45, 2.75) is 13.2 Å². The van der Waals surface area contributed by atoms with Crippen molar-refractivity contribution >= 4 is 5.69 Å². The maximum atomic E-state index is 13.1. The number of rotatable bonds is 5. The lowest BCUT2D eigenvalue weighted by Crippen LogP contribution is -2.06. The van der Waals surface area contributed by atoms with Crippen LogP contribution < -0.4 is 10.1 Å². The van der Waals surface area contributed by atoms with Crippen molar-refractivity contribution in [1.29, 1.82) is 0 Å². The van der Waals surface area contributed by atoms with Crippen molar-refractivity contribution in [2.24, 2.45) is 0 Å². The highest BCUT2D eigenvalue weighted by Gasteiger charge is 2.09. The number of phenols is 1. The predicted octanol–water partition coefficient (Wildman–Crippen LogP) is 3.74. The summed E-state index contributed by atoms with van der Waals surface area (Å²) in [7, 11) is 0. The number of hydrogen-bond donors (Lipinski definition) is 2. The van der Waals surface area contributed by atoms with Gasteiger partial charge >= 0.3 is 6.61 Å². The molecule has 2 N–H and O–H groups in total. The number of ether oxygens (including phenoxy) is 1. The fourth-order valence-electron chi connectivity index (χ4n) is 1.74. The maximum absolute atomic E-state index is 13.1. The minimum absolute atomic E-state index is 0.00289. The summed E-state index contributed by atoms with van der Waals surface area (Å²) in [5.41, 5.74) is 0.839. The third-order valence-corrected chi connectivity index (χ3v) is 2.53. The van der Waals surface area contributed by atoms with E-state index in [2.05, 4.69) is 10.1 Å². The zero-order valence-corrected chi connectivity index (χ0v) is 10.3. The summed E-state index contributed by atoms with van der Waals surface area (Å²) in [6, 6.07) is 9.79. The fourth-order valence-corrected chi connectivity index (χ4v) is 1.74. The first-order chi connectivity index (χ1) is 9.54. The molecule has 0 radical (unpaired) electrons. The lowest BCUT2D eigenvalue weighted by Gasteiger charge is -2.12. The maximum Gasteiger partial charge on any atom is 0.387 e. The van der Waals surface area contributed by atoms with Crippen molar-refractivity contribution in [3.05, 3.63) is 53.8 Å². The predicted molar refractivity (Wildman–Crippen MR) is 68.5 cm³/mol. The summed E-state index contributed by atoms with van der Waals surface area (Å²) < 4.78 is 41.9. The number of alkyl halides is 2. The Morgan fingerprint density at radius 1 is 1.15 bits per heavy atom. The molecular weight excluding hydrogens is 271 g/mol. The standard InChI is InChI=1S/C14H12F3NO2/c15-10-5-9(6-11(19)7-10)8-18-12-3-1-2-4-13(12)20-14(16)17/h1-7,14,18-19H,8H2. The van der Waals surface area contributed by atoms with E-state index in [-0.39, 0.29) is 18.0 Å². The minimum Gasteiger partial charge on any atom is -0.508 e. The van der Waals surface area contributed by atoms with Gasteiger partial charge in [-0.2, -0.15) is 8.78 Å². The Balaban J connectivity index is 2.10. The highest BCUT2D eigenvalue weighted by atomic mass is 19.3. The molecule has 0 heterocycles. The lowest BCUT2D eigenvalue weighted by molar-refractivity contribution is -0.0493. The Kier molecular flexibility index (Phi) is 4.34. The molecule has 2 rings (SSSR count). The van der Waals surface area contributed by atoms with E-state index in [4.69, 9.17) is 0 Å². The number of benzene rings is 2. The molecular formula is C14H12F3NO2. The van der Waals surface area contributed by atoms with E-state index in [0.717, 1.165) is 6.07 Å². The molecule has 0 aliphatic rings. The quantitative estimate of drug-likeness (QED) is 0.878. The zero-order valence-electron chi connectivity index (χ0n) is 10.3. The summed E-state index contributed by atoms with van der Waals surface area (Å²) in [5, 5.41) is 12.1. The third-order valence-electron chi connectivity index (χ3n) is 2.53. The van der Waals surface area contributed by atoms with Gasteiger partial charge in [0.2, 0.25) is 0 Å². The number of anilines is 1. The largest absolute Gasteiger partial charge is 0.508 e. The number of phenolic OH excluding ortho intramolecular Hbond substituents is 1. The molecule has 2 aromatic carbocycles. The summed E-state index contributed by atoms with van der Waals surface area (Å²) in [4.78, 5) is 0. The number of aromatic hydroxyl groups is 1. The molecule has 0 saturated heterocycles. The molecule has 20 heavy (non-hydrogen) atoms. The second-order valence-corrected chi connectivity index (χ2v) is 4.05. The molecule has 0 spiro atoms. The van der Waals surface area contributed by atoms with Crippen LogP contribution in [0.25, 0.3) is 0 Å². The van der Waals surface area contributed by atoms with Crippen molar-refractivity contribution in [3.8, 4) is 11.5 Å². The second-order valence-electron chi connectivity index (χ2n) is 4.05. The molecule has 0 aliphatic heterocycles. The molecule has 0 aliphatic carbocycles. The van der Waals surface area contributed by atoms with Crippen LogP contribution in [0.4, 0.5) is 18.9 Å². The van der Waals surface area contributed by atoms with Crippen molar-refractivity contribution in [2.75, 3.05) is 5.32 Å². The lowest BCUT2D eigenvalue weighted by atomic mass is 10.2. The Morgan fingerprint density at radius 2 is 1.90 bits per heavy atom. The molecule has 0 saturated carbocycles. The van der Waals surface area contributed by atoms with Crippen LogP contribution in [0.3, 0.4) is 0 Å². The summed E-state index contributed by atoms with van der Waals surface area (Å²) in [6.07, 6.45) is 0.